The topological polar surface area (TPSA) is 64.3 Å². The second kappa shape index (κ2) is 8.41. The fourth-order valence-electron chi connectivity index (χ4n) is 1.30. The Morgan fingerprint density at radius 3 is 2.56 bits per heavy atom. The van der Waals surface area contributed by atoms with Gasteiger partial charge in [0.05, 0.1) is 6.61 Å². The molecule has 2 atom stereocenters. The van der Waals surface area contributed by atoms with Gasteiger partial charge in [0.15, 0.2) is 0 Å². The van der Waals surface area contributed by atoms with Gasteiger partial charge < -0.3 is 15.8 Å². The highest BCUT2D eigenvalue weighted by atomic mass is 19.3. The monoisotopic (exact) mass is 238 g/mol. The molecule has 2 unspecified atom stereocenters. The van der Waals surface area contributed by atoms with Crippen LogP contribution in [0.2, 0.25) is 0 Å². The average molecular weight is 238 g/mol. The number of ether oxygens (including phenoxy) is 1. The molecule has 0 bridgehead atoms. The third kappa shape index (κ3) is 9.79. The number of hydrogen-bond acceptors (Lipinski definition) is 3. The van der Waals surface area contributed by atoms with Gasteiger partial charge in [-0.15, -0.1) is 0 Å². The van der Waals surface area contributed by atoms with Crippen molar-refractivity contribution in [1.29, 1.82) is 0 Å². The number of alkyl halides is 2. The zero-order valence-electron chi connectivity index (χ0n) is 9.71. The zero-order valence-corrected chi connectivity index (χ0v) is 9.71. The maximum absolute atomic E-state index is 11.7. The number of nitrogens with one attached hydrogen (secondary N) is 1. The Kier molecular flexibility index (Phi) is 8.01. The molecular formula is C10H20F2N2O2. The van der Waals surface area contributed by atoms with Crippen LogP contribution in [-0.2, 0) is 9.53 Å². The summed E-state index contributed by atoms with van der Waals surface area (Å²) in [6, 6.07) is 0.00739. The van der Waals surface area contributed by atoms with Crippen LogP contribution in [0.4, 0.5) is 8.78 Å². The lowest BCUT2D eigenvalue weighted by Gasteiger charge is -2.15. The molecule has 0 aromatic rings. The molecule has 16 heavy (non-hydrogen) atoms. The van der Waals surface area contributed by atoms with Crippen molar-refractivity contribution in [3.05, 3.63) is 0 Å². The largest absolute Gasteiger partial charge is 0.375 e. The van der Waals surface area contributed by atoms with Crippen LogP contribution in [0.5, 0.6) is 0 Å². The average Bonchev–Trinajstić information content (AvgIpc) is 2.10. The van der Waals surface area contributed by atoms with E-state index in [4.69, 9.17) is 5.73 Å². The number of rotatable bonds is 8. The molecule has 0 heterocycles. The van der Waals surface area contributed by atoms with Gasteiger partial charge >= 0.3 is 0 Å². The predicted molar refractivity (Wildman–Crippen MR) is 57.3 cm³/mol. The molecule has 6 heteroatoms. The van der Waals surface area contributed by atoms with E-state index in [9.17, 15) is 13.6 Å². The first-order valence-corrected chi connectivity index (χ1v) is 5.32. The third-order valence-electron chi connectivity index (χ3n) is 1.85. The Morgan fingerprint density at radius 2 is 2.06 bits per heavy atom. The summed E-state index contributed by atoms with van der Waals surface area (Å²) in [5.74, 6) is -0.206. The molecule has 0 spiro atoms. The van der Waals surface area contributed by atoms with Gasteiger partial charge in [0.25, 0.3) is 6.43 Å². The molecule has 0 aromatic carbocycles. The van der Waals surface area contributed by atoms with Gasteiger partial charge in [-0.2, -0.15) is 0 Å². The summed E-state index contributed by atoms with van der Waals surface area (Å²) in [5.41, 5.74) is 5.56. The molecule has 4 nitrogen and oxygen atoms in total. The van der Waals surface area contributed by atoms with E-state index in [0.717, 1.165) is 0 Å². The lowest BCUT2D eigenvalue weighted by atomic mass is 10.1. The summed E-state index contributed by atoms with van der Waals surface area (Å²) in [6.45, 7) is 3.10. The number of amides is 1. The van der Waals surface area contributed by atoms with Crippen LogP contribution in [0.15, 0.2) is 0 Å². The first-order chi connectivity index (χ1) is 7.41. The van der Waals surface area contributed by atoms with Crippen LogP contribution >= 0.6 is 0 Å². The Bertz CT molecular complexity index is 201. The molecular weight excluding hydrogens is 218 g/mol. The fraction of sp³-hybridized carbons (Fsp3) is 0.900. The molecule has 0 fully saturated rings. The summed E-state index contributed by atoms with van der Waals surface area (Å²) >= 11 is 0. The molecule has 0 aliphatic rings. The SMILES string of the molecule is CC(N)CC(C)NC(=O)CCOCC(F)F. The van der Waals surface area contributed by atoms with Crippen LogP contribution in [0.25, 0.3) is 0 Å². The van der Waals surface area contributed by atoms with Crippen molar-refractivity contribution in [2.75, 3.05) is 13.2 Å². The summed E-state index contributed by atoms with van der Waals surface area (Å²) in [6.07, 6.45) is -1.71. The molecule has 96 valence electrons. The van der Waals surface area contributed by atoms with E-state index in [0.29, 0.717) is 6.42 Å². The summed E-state index contributed by atoms with van der Waals surface area (Å²) < 4.78 is 27.9. The number of nitrogens with two attached hydrogens (primary N) is 1. The molecule has 3 N–H and O–H groups in total. The van der Waals surface area contributed by atoms with Gasteiger partial charge in [-0.05, 0) is 20.3 Å². The van der Waals surface area contributed by atoms with Crippen LogP contribution in [-0.4, -0.2) is 37.6 Å². The van der Waals surface area contributed by atoms with E-state index >= 15 is 0 Å². The van der Waals surface area contributed by atoms with Gasteiger partial charge in [0, 0.05) is 18.5 Å². The third-order valence-corrected chi connectivity index (χ3v) is 1.85. The molecule has 0 rings (SSSR count). The molecule has 0 aliphatic carbocycles. The first-order valence-electron chi connectivity index (χ1n) is 5.32. The molecule has 0 saturated heterocycles. The lowest BCUT2D eigenvalue weighted by molar-refractivity contribution is -0.123. The second-order valence-corrected chi connectivity index (χ2v) is 3.90. The zero-order chi connectivity index (χ0) is 12.6. The summed E-state index contributed by atoms with van der Waals surface area (Å²) in [5, 5.41) is 2.71. The summed E-state index contributed by atoms with van der Waals surface area (Å²) in [7, 11) is 0. The van der Waals surface area contributed by atoms with E-state index in [1.165, 1.54) is 0 Å². The minimum atomic E-state index is -2.49. The second-order valence-electron chi connectivity index (χ2n) is 3.90. The first kappa shape index (κ1) is 15.2. The molecule has 1 amide bonds. The van der Waals surface area contributed by atoms with Gasteiger partial charge in [-0.1, -0.05) is 0 Å². The van der Waals surface area contributed by atoms with Crippen molar-refractivity contribution < 1.29 is 18.3 Å². The van der Waals surface area contributed by atoms with Crippen LogP contribution < -0.4 is 11.1 Å². The molecule has 0 aliphatic heterocycles. The van der Waals surface area contributed by atoms with Crippen molar-refractivity contribution in [2.24, 2.45) is 5.73 Å². The fourth-order valence-corrected chi connectivity index (χ4v) is 1.30. The molecule has 0 radical (unpaired) electrons. The number of carbonyl (C=O) groups is 1. The molecule has 0 saturated carbocycles. The van der Waals surface area contributed by atoms with Crippen LogP contribution in [0.1, 0.15) is 26.7 Å². The van der Waals surface area contributed by atoms with E-state index in [-0.39, 0.29) is 31.0 Å². The highest BCUT2D eigenvalue weighted by Crippen LogP contribution is 1.96. The van der Waals surface area contributed by atoms with Crippen molar-refractivity contribution in [1.82, 2.24) is 5.32 Å². The van der Waals surface area contributed by atoms with Gasteiger partial charge in [-0.25, -0.2) is 8.78 Å². The van der Waals surface area contributed by atoms with Gasteiger partial charge in [0.2, 0.25) is 5.91 Å². The number of carbonyl (C=O) groups excluding carboxylic acids is 1. The van der Waals surface area contributed by atoms with E-state index in [2.05, 4.69) is 10.1 Å². The lowest BCUT2D eigenvalue weighted by Crippen LogP contribution is -2.36. The predicted octanol–water partition coefficient (Wildman–Crippen LogP) is 0.900. The van der Waals surface area contributed by atoms with Crippen LogP contribution in [0.3, 0.4) is 0 Å². The smallest absolute Gasteiger partial charge is 0.261 e. The van der Waals surface area contributed by atoms with E-state index < -0.39 is 13.0 Å². The Hall–Kier alpha value is -0.750. The Morgan fingerprint density at radius 1 is 1.44 bits per heavy atom. The van der Waals surface area contributed by atoms with Crippen molar-refractivity contribution >= 4 is 5.91 Å². The van der Waals surface area contributed by atoms with Gasteiger partial charge in [0.1, 0.15) is 6.61 Å². The van der Waals surface area contributed by atoms with Crippen molar-refractivity contribution in [3.8, 4) is 0 Å². The highest BCUT2D eigenvalue weighted by molar-refractivity contribution is 5.76. The maximum Gasteiger partial charge on any atom is 0.261 e. The highest BCUT2D eigenvalue weighted by Gasteiger charge is 2.09. The number of halogens is 2. The maximum atomic E-state index is 11.7. The van der Waals surface area contributed by atoms with Gasteiger partial charge in [-0.3, -0.25) is 4.79 Å². The standard InChI is InChI=1S/C10H20F2N2O2/c1-7(13)5-8(2)14-10(15)3-4-16-6-9(11)12/h7-9H,3-6,13H2,1-2H3,(H,14,15). The summed E-state index contributed by atoms with van der Waals surface area (Å²) in [4.78, 5) is 11.3. The van der Waals surface area contributed by atoms with E-state index in [1.54, 1.807) is 0 Å². The van der Waals surface area contributed by atoms with E-state index in [1.807, 2.05) is 13.8 Å². The normalized spacial score (nSPS) is 14.9. The number of hydrogen-bond donors (Lipinski definition) is 2. The minimum Gasteiger partial charge on any atom is -0.375 e. The Balaban J connectivity index is 3.51. The van der Waals surface area contributed by atoms with Crippen LogP contribution in [0, 0.1) is 0 Å². The Labute approximate surface area is 94.5 Å². The quantitative estimate of drug-likeness (QED) is 0.617. The van der Waals surface area contributed by atoms with Crippen molar-refractivity contribution in [2.45, 2.75) is 45.2 Å². The molecule has 0 aromatic heterocycles. The van der Waals surface area contributed by atoms with Crippen molar-refractivity contribution in [3.63, 3.8) is 0 Å². The minimum absolute atomic E-state index is 0.0115.